The molecule has 1 aromatic carbocycles. The average molecular weight is 401 g/mol. The second-order valence-electron chi connectivity index (χ2n) is 6.61. The number of para-hydroxylation sites is 1. The third-order valence-corrected chi connectivity index (χ3v) is 6.90. The van der Waals surface area contributed by atoms with Gasteiger partial charge in [0.25, 0.3) is 5.91 Å². The lowest BCUT2D eigenvalue weighted by atomic mass is 10.2. The SMILES string of the molecule is CC(C(=O)Nc1sccc1C(N)=O)N1CCCC1c1nc2ccccc2s1. The van der Waals surface area contributed by atoms with E-state index >= 15 is 0 Å². The lowest BCUT2D eigenvalue weighted by molar-refractivity contribution is -0.121. The van der Waals surface area contributed by atoms with Gasteiger partial charge in [-0.05, 0) is 49.9 Å². The van der Waals surface area contributed by atoms with Crippen molar-refractivity contribution in [3.05, 3.63) is 46.3 Å². The highest BCUT2D eigenvalue weighted by molar-refractivity contribution is 7.18. The van der Waals surface area contributed by atoms with Crippen molar-refractivity contribution in [1.29, 1.82) is 0 Å². The molecule has 0 spiro atoms. The number of primary amides is 1. The van der Waals surface area contributed by atoms with Gasteiger partial charge in [-0.1, -0.05) is 12.1 Å². The smallest absolute Gasteiger partial charge is 0.251 e. The summed E-state index contributed by atoms with van der Waals surface area (Å²) in [5.74, 6) is -0.666. The number of rotatable bonds is 5. The number of hydrogen-bond acceptors (Lipinski definition) is 6. The molecule has 2 aromatic heterocycles. The highest BCUT2D eigenvalue weighted by Gasteiger charge is 2.35. The molecule has 8 heteroatoms. The first-order valence-corrected chi connectivity index (χ1v) is 10.5. The first kappa shape index (κ1) is 18.1. The number of aromatic nitrogens is 1. The van der Waals surface area contributed by atoms with E-state index in [4.69, 9.17) is 10.7 Å². The third-order valence-electron chi connectivity index (χ3n) is 4.93. The largest absolute Gasteiger partial charge is 0.366 e. The van der Waals surface area contributed by atoms with Gasteiger partial charge in [0.05, 0.1) is 27.9 Å². The van der Waals surface area contributed by atoms with Crippen molar-refractivity contribution in [3.63, 3.8) is 0 Å². The number of fused-ring (bicyclic) bond motifs is 1. The third kappa shape index (κ3) is 3.47. The van der Waals surface area contributed by atoms with Gasteiger partial charge in [0.1, 0.15) is 10.0 Å². The van der Waals surface area contributed by atoms with E-state index in [0.717, 1.165) is 29.9 Å². The minimum absolute atomic E-state index is 0.132. The monoisotopic (exact) mass is 400 g/mol. The summed E-state index contributed by atoms with van der Waals surface area (Å²) in [5, 5.41) is 6.18. The van der Waals surface area contributed by atoms with E-state index in [-0.39, 0.29) is 18.0 Å². The van der Waals surface area contributed by atoms with Gasteiger partial charge in [0, 0.05) is 0 Å². The topological polar surface area (TPSA) is 88.3 Å². The van der Waals surface area contributed by atoms with E-state index in [0.29, 0.717) is 10.6 Å². The fourth-order valence-corrected chi connectivity index (χ4v) is 5.44. The number of hydrogen-bond donors (Lipinski definition) is 2. The zero-order valence-electron chi connectivity index (χ0n) is 14.8. The second-order valence-corrected chi connectivity index (χ2v) is 8.59. The number of nitrogens with zero attached hydrogens (tertiary/aromatic N) is 2. The second kappa shape index (κ2) is 7.38. The molecule has 4 rings (SSSR count). The molecule has 0 radical (unpaired) electrons. The maximum Gasteiger partial charge on any atom is 0.251 e. The molecule has 2 unspecified atom stereocenters. The van der Waals surface area contributed by atoms with Crippen LogP contribution in [0.25, 0.3) is 10.2 Å². The number of benzene rings is 1. The average Bonchev–Trinajstić information content (AvgIpc) is 3.38. The zero-order valence-corrected chi connectivity index (χ0v) is 16.5. The van der Waals surface area contributed by atoms with Gasteiger partial charge in [-0.25, -0.2) is 4.98 Å². The minimum atomic E-state index is -0.535. The Balaban J connectivity index is 1.53. The van der Waals surface area contributed by atoms with Crippen molar-refractivity contribution >= 4 is 49.7 Å². The van der Waals surface area contributed by atoms with Crippen LogP contribution in [-0.2, 0) is 4.79 Å². The molecule has 0 aliphatic carbocycles. The summed E-state index contributed by atoms with van der Waals surface area (Å²) < 4.78 is 1.17. The summed E-state index contributed by atoms with van der Waals surface area (Å²) in [6.07, 6.45) is 2.02. The summed E-state index contributed by atoms with van der Waals surface area (Å²) in [5.41, 5.74) is 6.72. The van der Waals surface area contributed by atoms with E-state index in [1.165, 1.54) is 16.0 Å². The van der Waals surface area contributed by atoms with Gasteiger partial charge >= 0.3 is 0 Å². The quantitative estimate of drug-likeness (QED) is 0.685. The molecule has 2 atom stereocenters. The number of likely N-dealkylation sites (tertiary alicyclic amines) is 1. The van der Waals surface area contributed by atoms with Crippen molar-refractivity contribution in [2.75, 3.05) is 11.9 Å². The Labute approximate surface area is 165 Å². The maximum absolute atomic E-state index is 12.8. The lowest BCUT2D eigenvalue weighted by Gasteiger charge is -2.28. The molecule has 6 nitrogen and oxygen atoms in total. The van der Waals surface area contributed by atoms with Crippen molar-refractivity contribution < 1.29 is 9.59 Å². The molecule has 140 valence electrons. The number of nitrogens with two attached hydrogens (primary N) is 1. The molecule has 1 aliphatic heterocycles. The van der Waals surface area contributed by atoms with E-state index < -0.39 is 5.91 Å². The molecule has 3 aromatic rings. The van der Waals surface area contributed by atoms with Gasteiger partial charge in [0.15, 0.2) is 0 Å². The number of nitrogens with one attached hydrogen (secondary N) is 1. The Hall–Kier alpha value is -2.29. The number of anilines is 1. The minimum Gasteiger partial charge on any atom is -0.366 e. The van der Waals surface area contributed by atoms with Crippen LogP contribution in [0.5, 0.6) is 0 Å². The molecule has 0 saturated carbocycles. The van der Waals surface area contributed by atoms with Gasteiger partial charge in [-0.15, -0.1) is 22.7 Å². The molecule has 2 amide bonds. The zero-order chi connectivity index (χ0) is 19.0. The maximum atomic E-state index is 12.8. The van der Waals surface area contributed by atoms with E-state index in [1.54, 1.807) is 22.8 Å². The van der Waals surface area contributed by atoms with Crippen LogP contribution in [0, 0.1) is 0 Å². The van der Waals surface area contributed by atoms with Gasteiger partial charge in [0.2, 0.25) is 5.91 Å². The number of thiazole rings is 1. The summed E-state index contributed by atoms with van der Waals surface area (Å²) in [6, 6.07) is 9.55. The Morgan fingerprint density at radius 3 is 2.93 bits per heavy atom. The summed E-state index contributed by atoms with van der Waals surface area (Å²) in [7, 11) is 0. The fourth-order valence-electron chi connectivity index (χ4n) is 3.52. The van der Waals surface area contributed by atoms with E-state index in [9.17, 15) is 9.59 Å². The van der Waals surface area contributed by atoms with Crippen molar-refractivity contribution in [3.8, 4) is 0 Å². The number of carbonyl (C=O) groups excluding carboxylic acids is 2. The van der Waals surface area contributed by atoms with Crippen molar-refractivity contribution in [1.82, 2.24) is 9.88 Å². The summed E-state index contributed by atoms with van der Waals surface area (Å²) in [6.45, 7) is 2.75. The molecule has 0 bridgehead atoms. The van der Waals surface area contributed by atoms with Gasteiger partial charge in [-0.3, -0.25) is 14.5 Å². The van der Waals surface area contributed by atoms with Crippen LogP contribution >= 0.6 is 22.7 Å². The fraction of sp³-hybridized carbons (Fsp3) is 0.316. The highest BCUT2D eigenvalue weighted by Crippen LogP contribution is 2.37. The van der Waals surface area contributed by atoms with Crippen LogP contribution in [0.4, 0.5) is 5.00 Å². The predicted octanol–water partition coefficient (Wildman–Crippen LogP) is 3.62. The molecule has 1 aliphatic rings. The molecule has 1 saturated heterocycles. The summed E-state index contributed by atoms with van der Waals surface area (Å²) >= 11 is 3.00. The molecular weight excluding hydrogens is 380 g/mol. The number of carbonyl (C=O) groups is 2. The first-order chi connectivity index (χ1) is 13.0. The van der Waals surface area contributed by atoms with Crippen LogP contribution in [-0.4, -0.2) is 34.3 Å². The molecule has 3 heterocycles. The van der Waals surface area contributed by atoms with Crippen LogP contribution in [0.3, 0.4) is 0 Å². The standard InChI is InChI=1S/C19H20N4O2S2/c1-11(17(25)22-18-12(16(20)24)8-10-26-18)23-9-4-6-14(23)19-21-13-5-2-3-7-15(13)27-19/h2-3,5,7-8,10-11,14H,4,6,9H2,1H3,(H2,20,24)(H,22,25). The van der Waals surface area contributed by atoms with Gasteiger partial charge in [-0.2, -0.15) is 0 Å². The van der Waals surface area contributed by atoms with Crippen LogP contribution in [0.1, 0.15) is 41.2 Å². The first-order valence-electron chi connectivity index (χ1n) is 8.84. The van der Waals surface area contributed by atoms with Gasteiger partial charge < -0.3 is 11.1 Å². The van der Waals surface area contributed by atoms with E-state index in [2.05, 4.69) is 16.3 Å². The number of amides is 2. The van der Waals surface area contributed by atoms with E-state index in [1.807, 2.05) is 25.1 Å². The van der Waals surface area contributed by atoms with Crippen LogP contribution in [0.2, 0.25) is 0 Å². The highest BCUT2D eigenvalue weighted by atomic mass is 32.1. The Kier molecular flexibility index (Phi) is 4.94. The van der Waals surface area contributed by atoms with Crippen molar-refractivity contribution in [2.24, 2.45) is 5.73 Å². The molecule has 3 N–H and O–H groups in total. The summed E-state index contributed by atoms with van der Waals surface area (Å²) in [4.78, 5) is 31.3. The predicted molar refractivity (Wildman–Crippen MR) is 109 cm³/mol. The Morgan fingerprint density at radius 1 is 1.33 bits per heavy atom. The molecular formula is C19H20N4O2S2. The van der Waals surface area contributed by atoms with Crippen LogP contribution < -0.4 is 11.1 Å². The van der Waals surface area contributed by atoms with Crippen molar-refractivity contribution in [2.45, 2.75) is 31.8 Å². The Bertz CT molecular complexity index is 963. The Morgan fingerprint density at radius 2 is 2.15 bits per heavy atom. The normalized spacial score (nSPS) is 18.6. The molecule has 27 heavy (non-hydrogen) atoms. The lowest BCUT2D eigenvalue weighted by Crippen LogP contribution is -2.41. The van der Waals surface area contributed by atoms with Crippen LogP contribution in [0.15, 0.2) is 35.7 Å². The number of thiophene rings is 1. The molecule has 1 fully saturated rings.